The molecule has 1 aliphatic heterocycles. The molecule has 0 spiro atoms. The molecule has 1 heterocycles. The van der Waals surface area contributed by atoms with E-state index in [0.29, 0.717) is 6.42 Å². The standard InChI is InChI=1S/C21H23BrN2O5S/c22-16-14-23(30(27,28)20-13-7-5-11-18(20)24(25)26)17-10-4-6-12-19(17)29-21(16)15-8-2-1-3-9-15/h1-3,5,7-9,11,13,16-17,19,21H,4,6,10,12,14H2. The van der Waals surface area contributed by atoms with Gasteiger partial charge in [-0.25, -0.2) is 8.42 Å². The lowest BCUT2D eigenvalue weighted by atomic mass is 9.92. The Bertz CT molecular complexity index is 1020. The van der Waals surface area contributed by atoms with Crippen LogP contribution in [0.3, 0.4) is 0 Å². The summed E-state index contributed by atoms with van der Waals surface area (Å²) in [5, 5.41) is 11.5. The summed E-state index contributed by atoms with van der Waals surface area (Å²) in [4.78, 5) is 10.3. The highest BCUT2D eigenvalue weighted by molar-refractivity contribution is 9.09. The molecule has 9 heteroatoms. The predicted molar refractivity (Wildman–Crippen MR) is 116 cm³/mol. The molecule has 2 aliphatic rings. The largest absolute Gasteiger partial charge is 0.367 e. The third-order valence-corrected chi connectivity index (χ3v) is 8.53. The van der Waals surface area contributed by atoms with E-state index >= 15 is 0 Å². The van der Waals surface area contributed by atoms with Crippen molar-refractivity contribution in [3.05, 3.63) is 70.3 Å². The Kier molecular flexibility index (Phi) is 6.24. The fraction of sp³-hybridized carbons (Fsp3) is 0.429. The molecule has 4 rings (SSSR count). The molecule has 0 amide bonds. The molecule has 1 aliphatic carbocycles. The molecule has 30 heavy (non-hydrogen) atoms. The van der Waals surface area contributed by atoms with Gasteiger partial charge in [-0.15, -0.1) is 0 Å². The van der Waals surface area contributed by atoms with E-state index in [1.807, 2.05) is 30.3 Å². The van der Waals surface area contributed by atoms with Crippen molar-refractivity contribution in [2.24, 2.45) is 0 Å². The van der Waals surface area contributed by atoms with Crippen LogP contribution in [0.1, 0.15) is 37.4 Å². The normalized spacial score (nSPS) is 27.8. The summed E-state index contributed by atoms with van der Waals surface area (Å²) >= 11 is 3.66. The second-order valence-corrected chi connectivity index (χ2v) is 10.7. The quantitative estimate of drug-likeness (QED) is 0.356. The highest BCUT2D eigenvalue weighted by atomic mass is 79.9. The fourth-order valence-corrected chi connectivity index (χ4v) is 7.20. The first kappa shape index (κ1) is 21.4. The molecule has 1 saturated heterocycles. The van der Waals surface area contributed by atoms with E-state index in [1.165, 1.54) is 28.6 Å². The molecule has 0 aromatic heterocycles. The second kappa shape index (κ2) is 8.74. The number of nitro benzene ring substituents is 1. The first-order valence-electron chi connectivity index (χ1n) is 9.99. The number of alkyl halides is 1. The van der Waals surface area contributed by atoms with E-state index in [1.54, 1.807) is 0 Å². The van der Waals surface area contributed by atoms with Gasteiger partial charge in [0.05, 0.1) is 28.0 Å². The van der Waals surface area contributed by atoms with Gasteiger partial charge in [0.15, 0.2) is 4.90 Å². The number of rotatable bonds is 4. The number of hydrogen-bond donors (Lipinski definition) is 0. The number of hydrogen-bond acceptors (Lipinski definition) is 5. The van der Waals surface area contributed by atoms with Crippen LogP contribution in [0, 0.1) is 10.1 Å². The Morgan fingerprint density at radius 3 is 2.43 bits per heavy atom. The molecular weight excluding hydrogens is 472 g/mol. The fourth-order valence-electron chi connectivity index (χ4n) is 4.40. The zero-order valence-corrected chi connectivity index (χ0v) is 18.7. The maximum Gasteiger partial charge on any atom is 0.289 e. The SMILES string of the molecule is O=[N+]([O-])c1ccccc1S(=O)(=O)N1CC(Br)C(c2ccccc2)OC2CCCCC21. The Balaban J connectivity index is 1.76. The first-order chi connectivity index (χ1) is 14.4. The first-order valence-corrected chi connectivity index (χ1v) is 12.3. The zero-order valence-electron chi connectivity index (χ0n) is 16.3. The topological polar surface area (TPSA) is 89.8 Å². The molecule has 2 fully saturated rings. The maximum atomic E-state index is 13.7. The summed E-state index contributed by atoms with van der Waals surface area (Å²) in [6.07, 6.45) is 2.74. The molecular formula is C21H23BrN2O5S. The van der Waals surface area contributed by atoms with Gasteiger partial charge in [-0.1, -0.05) is 71.2 Å². The Hall–Kier alpha value is -1.81. The molecule has 160 valence electrons. The van der Waals surface area contributed by atoms with Crippen molar-refractivity contribution >= 4 is 31.6 Å². The molecule has 2 aromatic carbocycles. The minimum absolute atomic E-state index is 0.176. The summed E-state index contributed by atoms with van der Waals surface area (Å²) < 4.78 is 35.2. The van der Waals surface area contributed by atoms with Crippen molar-refractivity contribution in [1.82, 2.24) is 4.31 Å². The predicted octanol–water partition coefficient (Wildman–Crippen LogP) is 4.43. The number of halogens is 1. The van der Waals surface area contributed by atoms with Crippen LogP contribution in [-0.4, -0.2) is 41.2 Å². The highest BCUT2D eigenvalue weighted by Crippen LogP contribution is 2.41. The minimum atomic E-state index is -4.09. The van der Waals surface area contributed by atoms with Crippen LogP contribution < -0.4 is 0 Å². The van der Waals surface area contributed by atoms with Gasteiger partial charge in [-0.2, -0.15) is 4.31 Å². The van der Waals surface area contributed by atoms with Gasteiger partial charge >= 0.3 is 0 Å². The zero-order chi connectivity index (χ0) is 21.3. The number of sulfonamides is 1. The number of benzene rings is 2. The van der Waals surface area contributed by atoms with Crippen molar-refractivity contribution in [1.29, 1.82) is 0 Å². The minimum Gasteiger partial charge on any atom is -0.367 e. The molecule has 4 unspecified atom stereocenters. The lowest BCUT2D eigenvalue weighted by Gasteiger charge is -2.36. The number of ether oxygens (including phenoxy) is 1. The van der Waals surface area contributed by atoms with E-state index < -0.39 is 20.6 Å². The van der Waals surface area contributed by atoms with Crippen LogP contribution in [0.2, 0.25) is 0 Å². The lowest BCUT2D eigenvalue weighted by molar-refractivity contribution is -0.387. The van der Waals surface area contributed by atoms with Crippen LogP contribution in [0.4, 0.5) is 5.69 Å². The third kappa shape index (κ3) is 4.03. The molecule has 4 atom stereocenters. The Morgan fingerprint density at radius 2 is 1.70 bits per heavy atom. The summed E-state index contributed by atoms with van der Waals surface area (Å²) in [6.45, 7) is 0.176. The van der Waals surface area contributed by atoms with Crippen LogP contribution in [0.15, 0.2) is 59.5 Å². The van der Waals surface area contributed by atoms with Crippen molar-refractivity contribution in [2.75, 3.05) is 6.54 Å². The van der Waals surface area contributed by atoms with E-state index in [9.17, 15) is 18.5 Å². The lowest BCUT2D eigenvalue weighted by Crippen LogP contribution is -2.48. The summed E-state index contributed by atoms with van der Waals surface area (Å²) in [6, 6.07) is 14.9. The smallest absolute Gasteiger partial charge is 0.289 e. The van der Waals surface area contributed by atoms with Gasteiger partial charge in [0.1, 0.15) is 0 Å². The molecule has 0 N–H and O–H groups in total. The molecule has 0 bridgehead atoms. The molecule has 1 saturated carbocycles. The van der Waals surface area contributed by atoms with Gasteiger partial charge in [-0.3, -0.25) is 10.1 Å². The van der Waals surface area contributed by atoms with E-state index in [4.69, 9.17) is 4.74 Å². The maximum absolute atomic E-state index is 13.7. The van der Waals surface area contributed by atoms with Crippen LogP contribution >= 0.6 is 15.9 Å². The Morgan fingerprint density at radius 1 is 1.03 bits per heavy atom. The van der Waals surface area contributed by atoms with Crippen LogP contribution in [-0.2, 0) is 14.8 Å². The van der Waals surface area contributed by atoms with Crippen molar-refractivity contribution in [2.45, 2.75) is 53.7 Å². The molecule has 7 nitrogen and oxygen atoms in total. The van der Waals surface area contributed by atoms with E-state index in [0.717, 1.165) is 24.8 Å². The van der Waals surface area contributed by atoms with Crippen molar-refractivity contribution in [3.8, 4) is 0 Å². The van der Waals surface area contributed by atoms with E-state index in [2.05, 4.69) is 15.9 Å². The van der Waals surface area contributed by atoms with Gasteiger partial charge in [0, 0.05) is 12.6 Å². The average Bonchev–Trinajstić information content (AvgIpc) is 2.91. The number of fused-ring (bicyclic) bond motifs is 1. The van der Waals surface area contributed by atoms with E-state index in [-0.39, 0.29) is 34.5 Å². The summed E-state index contributed by atoms with van der Waals surface area (Å²) in [5.74, 6) is 0. The Labute approximate surface area is 184 Å². The molecule has 2 aromatic rings. The van der Waals surface area contributed by atoms with Crippen LogP contribution in [0.5, 0.6) is 0 Å². The summed E-state index contributed by atoms with van der Waals surface area (Å²) in [7, 11) is -4.09. The third-order valence-electron chi connectivity index (χ3n) is 5.82. The van der Waals surface area contributed by atoms with Crippen molar-refractivity contribution in [3.63, 3.8) is 0 Å². The molecule has 0 radical (unpaired) electrons. The van der Waals surface area contributed by atoms with Gasteiger partial charge in [0.25, 0.3) is 5.69 Å². The van der Waals surface area contributed by atoms with Gasteiger partial charge in [-0.05, 0) is 24.5 Å². The second-order valence-electron chi connectivity index (χ2n) is 7.67. The van der Waals surface area contributed by atoms with Crippen molar-refractivity contribution < 1.29 is 18.1 Å². The average molecular weight is 495 g/mol. The van der Waals surface area contributed by atoms with Gasteiger partial charge in [0.2, 0.25) is 10.0 Å². The monoisotopic (exact) mass is 494 g/mol. The number of para-hydroxylation sites is 1. The highest BCUT2D eigenvalue weighted by Gasteiger charge is 2.46. The van der Waals surface area contributed by atoms with Crippen LogP contribution in [0.25, 0.3) is 0 Å². The summed E-state index contributed by atoms with van der Waals surface area (Å²) in [5.41, 5.74) is 0.578. The number of nitro groups is 1. The number of nitrogens with zero attached hydrogens (tertiary/aromatic N) is 2. The van der Waals surface area contributed by atoms with Gasteiger partial charge < -0.3 is 4.74 Å².